The number of hydrogen-bond donors (Lipinski definition) is 2. The molecule has 0 bridgehead atoms. The van der Waals surface area contributed by atoms with Crippen molar-refractivity contribution in [3.8, 4) is 0 Å². The lowest BCUT2D eigenvalue weighted by Crippen LogP contribution is -2.43. The molecule has 1 aliphatic rings. The van der Waals surface area contributed by atoms with E-state index in [-0.39, 0.29) is 11.4 Å². The zero-order chi connectivity index (χ0) is 8.48. The van der Waals surface area contributed by atoms with Gasteiger partial charge in [-0.15, -0.1) is 0 Å². The predicted octanol–water partition coefficient (Wildman–Crippen LogP) is 0.797. The first-order chi connectivity index (χ1) is 5.02. The average molecular weight is 155 g/mol. The van der Waals surface area contributed by atoms with Gasteiger partial charge in [0.1, 0.15) is 5.84 Å². The Hall–Kier alpha value is -0.570. The van der Waals surface area contributed by atoms with E-state index < -0.39 is 0 Å². The molecule has 3 N–H and O–H groups in total. The largest absolute Gasteiger partial charge is 0.387 e. The van der Waals surface area contributed by atoms with Crippen molar-refractivity contribution in [2.75, 3.05) is 13.1 Å². The Labute approximate surface area is 68.1 Å². The number of amidine groups is 1. The van der Waals surface area contributed by atoms with Gasteiger partial charge in [-0.05, 0) is 33.2 Å². The normalized spacial score (nSPS) is 23.8. The van der Waals surface area contributed by atoms with Crippen LogP contribution in [-0.2, 0) is 0 Å². The van der Waals surface area contributed by atoms with Gasteiger partial charge in [-0.2, -0.15) is 0 Å². The zero-order valence-electron chi connectivity index (χ0n) is 7.35. The van der Waals surface area contributed by atoms with Gasteiger partial charge in [0.25, 0.3) is 0 Å². The fourth-order valence-electron chi connectivity index (χ4n) is 1.66. The van der Waals surface area contributed by atoms with E-state index in [0.717, 1.165) is 6.54 Å². The third-order valence-corrected chi connectivity index (χ3v) is 2.43. The second-order valence-electron chi connectivity index (χ2n) is 3.86. The van der Waals surface area contributed by atoms with Crippen LogP contribution in [0, 0.1) is 5.41 Å². The maximum absolute atomic E-state index is 7.17. The monoisotopic (exact) mass is 155 g/mol. The van der Waals surface area contributed by atoms with E-state index in [0.29, 0.717) is 6.54 Å². The summed E-state index contributed by atoms with van der Waals surface area (Å²) < 4.78 is 0. The molecular formula is C8H17N3. The molecule has 0 radical (unpaired) electrons. The summed E-state index contributed by atoms with van der Waals surface area (Å²) in [5.41, 5.74) is 5.59. The summed E-state index contributed by atoms with van der Waals surface area (Å²) in [6.45, 7) is 6.14. The van der Waals surface area contributed by atoms with Crippen LogP contribution in [0.2, 0.25) is 0 Å². The van der Waals surface area contributed by atoms with Gasteiger partial charge in [0.15, 0.2) is 0 Å². The number of hydrogen-bond acceptors (Lipinski definition) is 2. The van der Waals surface area contributed by atoms with Crippen molar-refractivity contribution < 1.29 is 0 Å². The molecule has 3 nitrogen and oxygen atoms in total. The Morgan fingerprint density at radius 3 is 2.64 bits per heavy atom. The molecule has 0 amide bonds. The van der Waals surface area contributed by atoms with Crippen molar-refractivity contribution in [1.82, 2.24) is 4.90 Å². The number of rotatable bonds is 2. The van der Waals surface area contributed by atoms with E-state index in [1.165, 1.54) is 12.8 Å². The standard InChI is InChI=1S/C8H17N3/c1-8(2)4-3-5-11(8)6-7(9)10/h3-6H2,1-2H3,(H3,9,10). The summed E-state index contributed by atoms with van der Waals surface area (Å²) in [4.78, 5) is 2.27. The van der Waals surface area contributed by atoms with Crippen molar-refractivity contribution in [1.29, 1.82) is 5.41 Å². The fraction of sp³-hybridized carbons (Fsp3) is 0.875. The van der Waals surface area contributed by atoms with Crippen molar-refractivity contribution in [2.24, 2.45) is 5.73 Å². The number of nitrogens with zero attached hydrogens (tertiary/aromatic N) is 1. The highest BCUT2D eigenvalue weighted by Crippen LogP contribution is 2.27. The summed E-state index contributed by atoms with van der Waals surface area (Å²) in [5.74, 6) is 0.278. The number of likely N-dealkylation sites (tertiary alicyclic amines) is 1. The first-order valence-corrected chi connectivity index (χ1v) is 4.10. The highest BCUT2D eigenvalue weighted by atomic mass is 15.2. The summed E-state index contributed by atoms with van der Waals surface area (Å²) >= 11 is 0. The quantitative estimate of drug-likeness (QED) is 0.457. The van der Waals surface area contributed by atoms with Gasteiger partial charge >= 0.3 is 0 Å². The van der Waals surface area contributed by atoms with E-state index in [1.54, 1.807) is 0 Å². The second kappa shape index (κ2) is 2.81. The first kappa shape index (κ1) is 8.53. The maximum Gasteiger partial charge on any atom is 0.105 e. The van der Waals surface area contributed by atoms with E-state index in [9.17, 15) is 0 Å². The predicted molar refractivity (Wildman–Crippen MR) is 46.8 cm³/mol. The molecule has 0 aromatic carbocycles. The maximum atomic E-state index is 7.17. The van der Waals surface area contributed by atoms with Crippen LogP contribution in [0.5, 0.6) is 0 Å². The van der Waals surface area contributed by atoms with Crippen LogP contribution in [-0.4, -0.2) is 29.4 Å². The molecule has 3 heteroatoms. The minimum atomic E-state index is 0.256. The molecule has 0 unspecified atom stereocenters. The minimum absolute atomic E-state index is 0.256. The van der Waals surface area contributed by atoms with Crippen molar-refractivity contribution in [2.45, 2.75) is 32.2 Å². The lowest BCUT2D eigenvalue weighted by Gasteiger charge is -2.30. The third-order valence-electron chi connectivity index (χ3n) is 2.43. The SMILES string of the molecule is CC1(C)CCCN1CC(=N)N. The number of nitrogens with one attached hydrogen (secondary N) is 1. The molecule has 11 heavy (non-hydrogen) atoms. The molecule has 0 aliphatic carbocycles. The molecule has 1 fully saturated rings. The molecule has 0 aromatic heterocycles. The number of nitrogens with two attached hydrogens (primary N) is 1. The highest BCUT2D eigenvalue weighted by molar-refractivity contribution is 5.79. The Kier molecular flexibility index (Phi) is 2.18. The van der Waals surface area contributed by atoms with E-state index in [1.807, 2.05) is 0 Å². The second-order valence-corrected chi connectivity index (χ2v) is 3.86. The van der Waals surface area contributed by atoms with Crippen LogP contribution < -0.4 is 5.73 Å². The summed E-state index contributed by atoms with van der Waals surface area (Å²) in [5, 5.41) is 7.17. The van der Waals surface area contributed by atoms with Crippen LogP contribution in [0.3, 0.4) is 0 Å². The van der Waals surface area contributed by atoms with E-state index in [2.05, 4.69) is 18.7 Å². The molecule has 0 atom stereocenters. The molecule has 1 aliphatic heterocycles. The Morgan fingerprint density at radius 2 is 2.27 bits per heavy atom. The van der Waals surface area contributed by atoms with E-state index >= 15 is 0 Å². The molecule has 64 valence electrons. The lowest BCUT2D eigenvalue weighted by atomic mass is 10.0. The summed E-state index contributed by atoms with van der Waals surface area (Å²) in [6, 6.07) is 0. The van der Waals surface area contributed by atoms with Gasteiger partial charge in [0.05, 0.1) is 6.54 Å². The van der Waals surface area contributed by atoms with Crippen molar-refractivity contribution in [3.63, 3.8) is 0 Å². The summed E-state index contributed by atoms with van der Waals surface area (Å²) in [7, 11) is 0. The van der Waals surface area contributed by atoms with Crippen LogP contribution in [0.4, 0.5) is 0 Å². The average Bonchev–Trinajstić information content (AvgIpc) is 2.10. The van der Waals surface area contributed by atoms with Gasteiger partial charge in [0.2, 0.25) is 0 Å². The van der Waals surface area contributed by atoms with Crippen LogP contribution in [0.25, 0.3) is 0 Å². The van der Waals surface area contributed by atoms with Gasteiger partial charge < -0.3 is 5.73 Å². The van der Waals surface area contributed by atoms with Gasteiger partial charge in [-0.1, -0.05) is 0 Å². The van der Waals surface area contributed by atoms with Gasteiger partial charge in [-0.25, -0.2) is 0 Å². The van der Waals surface area contributed by atoms with Crippen molar-refractivity contribution in [3.05, 3.63) is 0 Å². The van der Waals surface area contributed by atoms with Crippen LogP contribution in [0.15, 0.2) is 0 Å². The Balaban J connectivity index is 2.51. The molecule has 0 spiro atoms. The lowest BCUT2D eigenvalue weighted by molar-refractivity contribution is 0.200. The fourth-order valence-corrected chi connectivity index (χ4v) is 1.66. The van der Waals surface area contributed by atoms with Crippen LogP contribution >= 0.6 is 0 Å². The molecule has 0 aromatic rings. The zero-order valence-corrected chi connectivity index (χ0v) is 7.35. The smallest absolute Gasteiger partial charge is 0.105 e. The molecule has 0 saturated carbocycles. The Morgan fingerprint density at radius 1 is 1.64 bits per heavy atom. The molecule has 1 rings (SSSR count). The molecule has 1 heterocycles. The molecule has 1 saturated heterocycles. The van der Waals surface area contributed by atoms with Crippen molar-refractivity contribution >= 4 is 5.84 Å². The topological polar surface area (TPSA) is 53.1 Å². The van der Waals surface area contributed by atoms with Gasteiger partial charge in [-0.3, -0.25) is 10.3 Å². The van der Waals surface area contributed by atoms with E-state index in [4.69, 9.17) is 11.1 Å². The third kappa shape index (κ3) is 1.93. The summed E-state index contributed by atoms with van der Waals surface area (Å²) in [6.07, 6.45) is 2.46. The molecular weight excluding hydrogens is 138 g/mol. The Bertz CT molecular complexity index is 163. The highest BCUT2D eigenvalue weighted by Gasteiger charge is 2.31. The first-order valence-electron chi connectivity index (χ1n) is 4.10. The van der Waals surface area contributed by atoms with Gasteiger partial charge in [0, 0.05) is 5.54 Å². The minimum Gasteiger partial charge on any atom is -0.387 e. The van der Waals surface area contributed by atoms with Crippen LogP contribution in [0.1, 0.15) is 26.7 Å².